The second kappa shape index (κ2) is 5.18. The fraction of sp³-hybridized carbons (Fsp3) is 0.357. The highest BCUT2D eigenvalue weighted by Crippen LogP contribution is 2.38. The van der Waals surface area contributed by atoms with Crippen LogP contribution in [0.3, 0.4) is 0 Å². The van der Waals surface area contributed by atoms with Gasteiger partial charge in [-0.1, -0.05) is 25.1 Å². The van der Waals surface area contributed by atoms with Crippen molar-refractivity contribution < 1.29 is 13.2 Å². The lowest BCUT2D eigenvalue weighted by Crippen LogP contribution is -2.31. The van der Waals surface area contributed by atoms with Gasteiger partial charge in [-0.3, -0.25) is 0 Å². The van der Waals surface area contributed by atoms with E-state index in [9.17, 15) is 13.2 Å². The van der Waals surface area contributed by atoms with Crippen molar-refractivity contribution in [3.05, 3.63) is 40.2 Å². The molecule has 2 rings (SSSR count). The van der Waals surface area contributed by atoms with Crippen LogP contribution in [0.25, 0.3) is 11.3 Å². The lowest BCUT2D eigenvalue weighted by molar-refractivity contribution is -0.137. The maximum Gasteiger partial charge on any atom is 0.417 e. The molecule has 20 heavy (non-hydrogen) atoms. The van der Waals surface area contributed by atoms with Crippen molar-refractivity contribution in [2.45, 2.75) is 32.0 Å². The average Bonchev–Trinajstić information content (AvgIpc) is 2.88. The van der Waals surface area contributed by atoms with E-state index in [1.807, 2.05) is 13.8 Å². The first-order chi connectivity index (χ1) is 9.25. The highest BCUT2D eigenvalue weighted by atomic mass is 32.1. The van der Waals surface area contributed by atoms with Gasteiger partial charge >= 0.3 is 6.18 Å². The van der Waals surface area contributed by atoms with E-state index in [1.54, 1.807) is 11.4 Å². The van der Waals surface area contributed by atoms with Crippen LogP contribution in [-0.2, 0) is 11.7 Å². The summed E-state index contributed by atoms with van der Waals surface area (Å²) in [4.78, 5) is 4.29. The largest absolute Gasteiger partial charge is 0.417 e. The molecule has 0 amide bonds. The summed E-state index contributed by atoms with van der Waals surface area (Å²) < 4.78 is 39.0. The van der Waals surface area contributed by atoms with Crippen molar-refractivity contribution in [3.8, 4) is 11.3 Å². The molecular formula is C14H15F3N2S. The van der Waals surface area contributed by atoms with E-state index in [1.165, 1.54) is 23.5 Å². The molecule has 0 radical (unpaired) electrons. The predicted octanol–water partition coefficient (Wildman–Crippen LogP) is 4.41. The van der Waals surface area contributed by atoms with Crippen molar-refractivity contribution in [2.75, 3.05) is 0 Å². The minimum Gasteiger partial charge on any atom is -0.320 e. The van der Waals surface area contributed by atoms with Gasteiger partial charge in [-0.05, 0) is 19.4 Å². The van der Waals surface area contributed by atoms with E-state index in [0.717, 1.165) is 6.07 Å². The van der Waals surface area contributed by atoms with Crippen LogP contribution in [-0.4, -0.2) is 4.98 Å². The number of hydrogen-bond acceptors (Lipinski definition) is 3. The van der Waals surface area contributed by atoms with Crippen molar-refractivity contribution >= 4 is 11.3 Å². The van der Waals surface area contributed by atoms with Crippen molar-refractivity contribution in [2.24, 2.45) is 5.73 Å². The molecule has 2 aromatic rings. The van der Waals surface area contributed by atoms with E-state index < -0.39 is 17.3 Å². The van der Waals surface area contributed by atoms with E-state index >= 15 is 0 Å². The van der Waals surface area contributed by atoms with Gasteiger partial charge in [0.15, 0.2) is 0 Å². The summed E-state index contributed by atoms with van der Waals surface area (Å²) in [5.74, 6) is 0. The van der Waals surface area contributed by atoms with Gasteiger partial charge in [0, 0.05) is 10.9 Å². The zero-order valence-corrected chi connectivity index (χ0v) is 12.0. The third-order valence-electron chi connectivity index (χ3n) is 3.24. The standard InChI is InChI=1S/C14H15F3N2S/c1-3-13(2,18)12-19-11(8-20-12)9-6-4-5-7-10(9)14(15,16)17/h4-8H,3,18H2,1-2H3. The summed E-state index contributed by atoms with van der Waals surface area (Å²) in [6.45, 7) is 3.75. The van der Waals surface area contributed by atoms with Gasteiger partial charge in [-0.15, -0.1) is 11.3 Å². The Bertz CT molecular complexity index is 602. The zero-order chi connectivity index (χ0) is 15.0. The Hall–Kier alpha value is -1.40. The molecule has 1 aromatic heterocycles. The molecule has 0 aliphatic carbocycles. The number of hydrogen-bond donors (Lipinski definition) is 1. The Morgan fingerprint density at radius 3 is 2.50 bits per heavy atom. The zero-order valence-electron chi connectivity index (χ0n) is 11.2. The molecule has 0 aliphatic heterocycles. The number of thiazole rings is 1. The quantitative estimate of drug-likeness (QED) is 0.911. The molecule has 0 saturated heterocycles. The molecule has 0 fully saturated rings. The van der Waals surface area contributed by atoms with Crippen molar-refractivity contribution in [1.29, 1.82) is 0 Å². The topological polar surface area (TPSA) is 38.9 Å². The molecule has 1 unspecified atom stereocenters. The summed E-state index contributed by atoms with van der Waals surface area (Å²) in [7, 11) is 0. The smallest absolute Gasteiger partial charge is 0.320 e. The van der Waals surface area contributed by atoms with Crippen LogP contribution in [0, 0.1) is 0 Å². The molecule has 0 bridgehead atoms. The van der Waals surface area contributed by atoms with E-state index in [2.05, 4.69) is 4.98 Å². The molecule has 108 valence electrons. The van der Waals surface area contributed by atoms with Crippen LogP contribution in [0.5, 0.6) is 0 Å². The lowest BCUT2D eigenvalue weighted by Gasteiger charge is -2.19. The molecule has 1 aromatic carbocycles. The highest BCUT2D eigenvalue weighted by Gasteiger charge is 2.34. The Balaban J connectivity index is 2.49. The molecule has 1 heterocycles. The van der Waals surface area contributed by atoms with Gasteiger partial charge in [0.2, 0.25) is 0 Å². The maximum absolute atomic E-state index is 13.0. The summed E-state index contributed by atoms with van der Waals surface area (Å²) in [5.41, 5.74) is 5.20. The van der Waals surface area contributed by atoms with Crippen LogP contribution in [0.1, 0.15) is 30.8 Å². The van der Waals surface area contributed by atoms with Crippen LogP contribution < -0.4 is 5.73 Å². The minimum absolute atomic E-state index is 0.0920. The Labute approximate surface area is 119 Å². The van der Waals surface area contributed by atoms with E-state index in [4.69, 9.17) is 5.73 Å². The fourth-order valence-corrected chi connectivity index (χ4v) is 2.73. The van der Waals surface area contributed by atoms with Gasteiger partial charge in [0.25, 0.3) is 0 Å². The van der Waals surface area contributed by atoms with Gasteiger partial charge in [0.1, 0.15) is 5.01 Å². The molecule has 0 aliphatic rings. The number of alkyl halides is 3. The number of rotatable bonds is 3. The third kappa shape index (κ3) is 2.86. The van der Waals surface area contributed by atoms with Crippen LogP contribution in [0.4, 0.5) is 13.2 Å². The monoisotopic (exact) mass is 300 g/mol. The van der Waals surface area contributed by atoms with Gasteiger partial charge in [0.05, 0.1) is 16.8 Å². The highest BCUT2D eigenvalue weighted by molar-refractivity contribution is 7.10. The molecule has 2 nitrogen and oxygen atoms in total. The first-order valence-electron chi connectivity index (χ1n) is 6.17. The summed E-state index contributed by atoms with van der Waals surface area (Å²) >= 11 is 1.29. The average molecular weight is 300 g/mol. The van der Waals surface area contributed by atoms with E-state index in [0.29, 0.717) is 17.1 Å². The van der Waals surface area contributed by atoms with Crippen LogP contribution in [0.15, 0.2) is 29.6 Å². The maximum atomic E-state index is 13.0. The molecular weight excluding hydrogens is 285 g/mol. The Morgan fingerprint density at radius 1 is 1.25 bits per heavy atom. The summed E-state index contributed by atoms with van der Waals surface area (Å²) in [6, 6.07) is 5.45. The second-order valence-corrected chi connectivity index (χ2v) is 5.71. The normalized spacial score (nSPS) is 15.1. The first kappa shape index (κ1) is 15.0. The van der Waals surface area contributed by atoms with Gasteiger partial charge < -0.3 is 5.73 Å². The molecule has 0 saturated carbocycles. The summed E-state index contributed by atoms with van der Waals surface area (Å²) in [6.07, 6.45) is -3.72. The molecule has 0 spiro atoms. The molecule has 2 N–H and O–H groups in total. The van der Waals surface area contributed by atoms with E-state index in [-0.39, 0.29) is 5.56 Å². The Kier molecular flexibility index (Phi) is 3.88. The fourth-order valence-electron chi connectivity index (χ4n) is 1.76. The Morgan fingerprint density at radius 2 is 1.90 bits per heavy atom. The number of nitrogens with two attached hydrogens (primary N) is 1. The molecule has 1 atom stereocenters. The SMILES string of the molecule is CCC(C)(N)c1nc(-c2ccccc2C(F)(F)F)cs1. The predicted molar refractivity (Wildman–Crippen MR) is 74.4 cm³/mol. The van der Waals surface area contributed by atoms with Gasteiger partial charge in [-0.25, -0.2) is 4.98 Å². The first-order valence-corrected chi connectivity index (χ1v) is 7.05. The number of halogens is 3. The lowest BCUT2D eigenvalue weighted by atomic mass is 10.0. The number of nitrogens with zero attached hydrogens (tertiary/aromatic N) is 1. The second-order valence-electron chi connectivity index (χ2n) is 4.85. The van der Waals surface area contributed by atoms with Crippen molar-refractivity contribution in [3.63, 3.8) is 0 Å². The summed E-state index contributed by atoms with van der Waals surface area (Å²) in [5, 5.41) is 2.27. The van der Waals surface area contributed by atoms with Gasteiger partial charge in [-0.2, -0.15) is 13.2 Å². The number of aromatic nitrogens is 1. The van der Waals surface area contributed by atoms with Crippen LogP contribution >= 0.6 is 11.3 Å². The number of benzene rings is 1. The third-order valence-corrected chi connectivity index (χ3v) is 4.36. The minimum atomic E-state index is -4.39. The molecule has 6 heteroatoms. The van der Waals surface area contributed by atoms with Crippen LogP contribution in [0.2, 0.25) is 0 Å². The van der Waals surface area contributed by atoms with Crippen molar-refractivity contribution in [1.82, 2.24) is 4.98 Å².